The fourth-order valence-corrected chi connectivity index (χ4v) is 5.97. The van der Waals surface area contributed by atoms with Gasteiger partial charge in [-0.25, -0.2) is 9.37 Å². The summed E-state index contributed by atoms with van der Waals surface area (Å²) in [7, 11) is 0. The summed E-state index contributed by atoms with van der Waals surface area (Å²) >= 11 is 1.23. The Bertz CT molecular complexity index is 1510. The fraction of sp³-hybridized carbons (Fsp3) is 0.370. The van der Waals surface area contributed by atoms with Crippen LogP contribution in [0.5, 0.6) is 5.75 Å². The Balaban J connectivity index is 1.61. The maximum atomic E-state index is 13.8. The van der Waals surface area contributed by atoms with E-state index in [1.807, 2.05) is 0 Å². The van der Waals surface area contributed by atoms with Gasteiger partial charge in [-0.05, 0) is 38.5 Å². The number of carbonyl (C=O) groups is 3. The second-order valence-electron chi connectivity index (χ2n) is 10.2. The number of likely N-dealkylation sites (tertiary alicyclic amines) is 1. The minimum absolute atomic E-state index is 0.00939. The van der Waals surface area contributed by atoms with Crippen LogP contribution in [-0.4, -0.2) is 67.7 Å². The molecule has 0 bridgehead atoms. The molecule has 1 atom stereocenters. The molecule has 198 valence electrons. The Labute approximate surface area is 222 Å². The van der Waals surface area contributed by atoms with Gasteiger partial charge in [0.2, 0.25) is 5.43 Å². The summed E-state index contributed by atoms with van der Waals surface area (Å²) in [6, 6.07) is 5.77. The number of fused-ring (bicyclic) bond motifs is 1. The summed E-state index contributed by atoms with van der Waals surface area (Å²) in [5.74, 6) is -2.05. The Hall–Kier alpha value is -3.86. The predicted molar refractivity (Wildman–Crippen MR) is 139 cm³/mol. The first-order valence-corrected chi connectivity index (χ1v) is 13.1. The van der Waals surface area contributed by atoms with Crippen molar-refractivity contribution in [2.24, 2.45) is 0 Å². The third kappa shape index (κ3) is 4.30. The zero-order valence-corrected chi connectivity index (χ0v) is 22.0. The number of aromatic nitrogens is 2. The number of halogens is 1. The van der Waals surface area contributed by atoms with E-state index in [1.165, 1.54) is 44.0 Å². The second kappa shape index (κ2) is 9.46. The van der Waals surface area contributed by atoms with Crippen LogP contribution in [0.25, 0.3) is 10.6 Å². The molecule has 11 heteroatoms. The summed E-state index contributed by atoms with van der Waals surface area (Å²) in [6.07, 6.45) is 3.76. The highest BCUT2D eigenvalue weighted by Crippen LogP contribution is 2.36. The minimum Gasteiger partial charge on any atom is -0.503 e. The highest BCUT2D eigenvalue weighted by atomic mass is 32.1. The Morgan fingerprint density at radius 2 is 1.92 bits per heavy atom. The average Bonchev–Trinajstić information content (AvgIpc) is 3.52. The van der Waals surface area contributed by atoms with Gasteiger partial charge in [0.05, 0.1) is 18.7 Å². The molecule has 0 unspecified atom stereocenters. The Morgan fingerprint density at radius 1 is 1.21 bits per heavy atom. The number of ketones is 1. The number of pyridine rings is 1. The van der Waals surface area contributed by atoms with Gasteiger partial charge in [0.25, 0.3) is 11.8 Å². The van der Waals surface area contributed by atoms with Gasteiger partial charge >= 0.3 is 0 Å². The van der Waals surface area contributed by atoms with E-state index in [2.05, 4.69) is 4.98 Å². The number of amides is 2. The van der Waals surface area contributed by atoms with E-state index in [0.29, 0.717) is 11.4 Å². The molecule has 1 fully saturated rings. The van der Waals surface area contributed by atoms with Crippen molar-refractivity contribution < 1.29 is 23.9 Å². The lowest BCUT2D eigenvalue weighted by Gasteiger charge is -2.45. The van der Waals surface area contributed by atoms with Gasteiger partial charge in [-0.1, -0.05) is 12.1 Å². The number of nitrogens with zero attached hydrogens (tertiary/aromatic N) is 4. The number of thiazole rings is 1. The van der Waals surface area contributed by atoms with E-state index in [0.717, 1.165) is 10.4 Å². The number of carbonyl (C=O) groups excluding carboxylic acids is 3. The molecule has 38 heavy (non-hydrogen) atoms. The quantitative estimate of drug-likeness (QED) is 0.535. The standard InChI is InChI=1S/C27H27FN4O5S/c1-15(2)31-14-27(3,26(37)30-9-8-18(33)12-30)32-13-20(22(34)23(35)21(32)25(31)36)24-29-11-19(38-24)10-16-4-6-17(28)7-5-16/h4-7,11,13,15,35H,8-10,12,14H2,1-3H3/t27-/m1/s1. The van der Waals surface area contributed by atoms with Crippen LogP contribution < -0.4 is 5.43 Å². The molecule has 1 N–H and O–H groups in total. The van der Waals surface area contributed by atoms with Crippen molar-refractivity contribution in [1.82, 2.24) is 19.4 Å². The highest BCUT2D eigenvalue weighted by Gasteiger charge is 2.49. The van der Waals surface area contributed by atoms with Crippen molar-refractivity contribution in [3.8, 4) is 16.3 Å². The second-order valence-corrected chi connectivity index (χ2v) is 11.3. The van der Waals surface area contributed by atoms with Crippen molar-refractivity contribution in [3.05, 3.63) is 68.8 Å². The maximum Gasteiger partial charge on any atom is 0.274 e. The van der Waals surface area contributed by atoms with E-state index in [9.17, 15) is 28.7 Å². The van der Waals surface area contributed by atoms with E-state index in [1.54, 1.807) is 39.1 Å². The average molecular weight is 539 g/mol. The zero-order valence-electron chi connectivity index (χ0n) is 21.2. The minimum atomic E-state index is -1.37. The lowest BCUT2D eigenvalue weighted by Crippen LogP contribution is -2.61. The normalized spacial score (nSPS) is 19.4. The van der Waals surface area contributed by atoms with Gasteiger partial charge in [0.15, 0.2) is 17.2 Å². The van der Waals surface area contributed by atoms with E-state index in [4.69, 9.17) is 0 Å². The molecule has 9 nitrogen and oxygen atoms in total. The fourth-order valence-electron chi connectivity index (χ4n) is 5.01. The van der Waals surface area contributed by atoms with Crippen LogP contribution in [0.1, 0.15) is 48.1 Å². The SMILES string of the molecule is CC(C)N1C[C@](C)(C(=O)N2CCC(=O)C2)n2cc(-c3ncc(Cc4ccc(F)cc4)s3)c(=O)c(O)c2C1=O. The third-order valence-electron chi connectivity index (χ3n) is 7.13. The first-order chi connectivity index (χ1) is 18.0. The number of benzene rings is 1. The van der Waals surface area contributed by atoms with E-state index >= 15 is 0 Å². The van der Waals surface area contributed by atoms with Crippen LogP contribution in [0, 0.1) is 5.82 Å². The van der Waals surface area contributed by atoms with Crippen molar-refractivity contribution in [2.75, 3.05) is 19.6 Å². The number of rotatable bonds is 5. The summed E-state index contributed by atoms with van der Waals surface area (Å²) in [5, 5.41) is 11.3. The topological polar surface area (TPSA) is 113 Å². The number of hydrogen-bond acceptors (Lipinski definition) is 7. The van der Waals surface area contributed by atoms with Crippen LogP contribution in [-0.2, 0) is 21.5 Å². The van der Waals surface area contributed by atoms with Gasteiger partial charge < -0.3 is 19.5 Å². The van der Waals surface area contributed by atoms with Crippen molar-refractivity contribution in [3.63, 3.8) is 0 Å². The van der Waals surface area contributed by atoms with Gasteiger partial charge in [-0.15, -0.1) is 11.3 Å². The van der Waals surface area contributed by atoms with Crippen molar-refractivity contribution in [1.29, 1.82) is 0 Å². The smallest absolute Gasteiger partial charge is 0.274 e. The van der Waals surface area contributed by atoms with Gasteiger partial charge in [-0.2, -0.15) is 0 Å². The summed E-state index contributed by atoms with van der Waals surface area (Å²) < 4.78 is 14.6. The monoisotopic (exact) mass is 538 g/mol. The molecule has 0 saturated carbocycles. The molecule has 1 saturated heterocycles. The molecule has 5 rings (SSSR count). The van der Waals surface area contributed by atoms with Gasteiger partial charge in [0.1, 0.15) is 16.4 Å². The lowest BCUT2D eigenvalue weighted by molar-refractivity contribution is -0.141. The van der Waals surface area contributed by atoms with Gasteiger partial charge in [0, 0.05) is 42.7 Å². The summed E-state index contributed by atoms with van der Waals surface area (Å²) in [5.41, 5.74) is -1.47. The Kier molecular flexibility index (Phi) is 6.42. The number of aromatic hydroxyl groups is 1. The van der Waals surface area contributed by atoms with Crippen LogP contribution in [0.15, 0.2) is 41.5 Å². The Morgan fingerprint density at radius 3 is 2.55 bits per heavy atom. The van der Waals surface area contributed by atoms with Gasteiger partial charge in [-0.3, -0.25) is 19.2 Å². The molecule has 3 aromatic rings. The predicted octanol–water partition coefficient (Wildman–Crippen LogP) is 2.79. The zero-order chi connectivity index (χ0) is 27.4. The van der Waals surface area contributed by atoms with Crippen LogP contribution >= 0.6 is 11.3 Å². The molecular weight excluding hydrogens is 511 g/mol. The number of hydrogen-bond donors (Lipinski definition) is 1. The summed E-state index contributed by atoms with van der Waals surface area (Å²) in [4.78, 5) is 60.5. The van der Waals surface area contributed by atoms with Crippen molar-refractivity contribution in [2.45, 2.75) is 45.2 Å². The van der Waals surface area contributed by atoms with Crippen molar-refractivity contribution >= 4 is 28.9 Å². The number of Topliss-reactive ketones (excluding diaryl/α,β-unsaturated/α-hetero) is 1. The molecule has 4 heterocycles. The molecule has 0 spiro atoms. The van der Waals surface area contributed by atoms with Crippen LogP contribution in [0.3, 0.4) is 0 Å². The molecule has 0 aliphatic carbocycles. The lowest BCUT2D eigenvalue weighted by atomic mass is 9.92. The first-order valence-electron chi connectivity index (χ1n) is 12.3. The molecule has 1 aromatic carbocycles. The molecular formula is C27H27FN4O5S. The van der Waals surface area contributed by atoms with Crippen LogP contribution in [0.4, 0.5) is 4.39 Å². The van der Waals surface area contributed by atoms with E-state index in [-0.39, 0.29) is 60.9 Å². The third-order valence-corrected chi connectivity index (χ3v) is 8.16. The largest absolute Gasteiger partial charge is 0.503 e. The first kappa shape index (κ1) is 25.8. The molecule has 2 aliphatic heterocycles. The highest BCUT2D eigenvalue weighted by molar-refractivity contribution is 7.15. The molecule has 2 amide bonds. The summed E-state index contributed by atoms with van der Waals surface area (Å²) in [6.45, 7) is 5.50. The molecule has 2 aliphatic rings. The van der Waals surface area contributed by atoms with E-state index < -0.39 is 22.6 Å². The maximum absolute atomic E-state index is 13.8. The molecule has 2 aromatic heterocycles. The van der Waals surface area contributed by atoms with Crippen LogP contribution in [0.2, 0.25) is 0 Å². The molecule has 0 radical (unpaired) electrons.